The van der Waals surface area contributed by atoms with Crippen LogP contribution in [0.2, 0.25) is 0 Å². The lowest BCUT2D eigenvalue weighted by molar-refractivity contribution is -0.141. The van der Waals surface area contributed by atoms with Gasteiger partial charge in [0.25, 0.3) is 5.91 Å². The van der Waals surface area contributed by atoms with Gasteiger partial charge in [-0.1, -0.05) is 18.2 Å². The Bertz CT molecular complexity index is 430. The van der Waals surface area contributed by atoms with Crippen molar-refractivity contribution in [2.24, 2.45) is 0 Å². The SMILES string of the molecule is CN1NC(C(=O)O)c2ccccc2C1=O. The van der Waals surface area contributed by atoms with Gasteiger partial charge in [0.1, 0.15) is 6.04 Å². The zero-order valence-electron chi connectivity index (χ0n) is 8.10. The summed E-state index contributed by atoms with van der Waals surface area (Å²) in [5, 5.41) is 10.2. The fraction of sp³-hybridized carbons (Fsp3) is 0.200. The Hall–Kier alpha value is -1.88. The molecule has 5 nitrogen and oxygen atoms in total. The van der Waals surface area contributed by atoms with Crippen LogP contribution in [0.5, 0.6) is 0 Å². The summed E-state index contributed by atoms with van der Waals surface area (Å²) in [6.45, 7) is 0. The molecule has 1 unspecified atom stereocenters. The summed E-state index contributed by atoms with van der Waals surface area (Å²) >= 11 is 0. The number of hydrogen-bond acceptors (Lipinski definition) is 3. The van der Waals surface area contributed by atoms with Crippen molar-refractivity contribution in [2.75, 3.05) is 7.05 Å². The summed E-state index contributed by atoms with van der Waals surface area (Å²) in [4.78, 5) is 22.6. The third kappa shape index (κ3) is 1.46. The van der Waals surface area contributed by atoms with E-state index in [9.17, 15) is 9.59 Å². The van der Waals surface area contributed by atoms with Gasteiger partial charge in [0.2, 0.25) is 0 Å². The molecule has 0 spiro atoms. The van der Waals surface area contributed by atoms with Crippen LogP contribution in [0, 0.1) is 0 Å². The topological polar surface area (TPSA) is 69.6 Å². The van der Waals surface area contributed by atoms with Crippen molar-refractivity contribution in [3.05, 3.63) is 35.4 Å². The standard InChI is InChI=1S/C10H10N2O3/c1-12-9(13)7-5-3-2-4-6(7)8(11-12)10(14)15/h2-5,8,11H,1H3,(H,14,15). The number of rotatable bonds is 1. The Labute approximate surface area is 86.3 Å². The monoisotopic (exact) mass is 206 g/mol. The molecule has 0 bridgehead atoms. The molecule has 1 aliphatic rings. The highest BCUT2D eigenvalue weighted by Gasteiger charge is 2.32. The first kappa shape index (κ1) is 9.67. The number of aliphatic carboxylic acids is 1. The Morgan fingerprint density at radius 3 is 2.80 bits per heavy atom. The molecule has 1 amide bonds. The highest BCUT2D eigenvalue weighted by molar-refractivity contribution is 5.98. The molecule has 1 atom stereocenters. The third-order valence-corrected chi connectivity index (χ3v) is 2.38. The van der Waals surface area contributed by atoms with Gasteiger partial charge in [-0.2, -0.15) is 0 Å². The van der Waals surface area contributed by atoms with Crippen LogP contribution in [0.4, 0.5) is 0 Å². The van der Waals surface area contributed by atoms with Crippen LogP contribution in [0.25, 0.3) is 0 Å². The van der Waals surface area contributed by atoms with E-state index in [0.29, 0.717) is 11.1 Å². The second kappa shape index (κ2) is 3.36. The van der Waals surface area contributed by atoms with Crippen molar-refractivity contribution in [2.45, 2.75) is 6.04 Å². The van der Waals surface area contributed by atoms with Gasteiger partial charge in [-0.25, -0.2) is 5.43 Å². The summed E-state index contributed by atoms with van der Waals surface area (Å²) in [6.07, 6.45) is 0. The van der Waals surface area contributed by atoms with Crippen molar-refractivity contribution in [3.8, 4) is 0 Å². The van der Waals surface area contributed by atoms with E-state index in [1.54, 1.807) is 24.3 Å². The number of hydrazine groups is 1. The highest BCUT2D eigenvalue weighted by Crippen LogP contribution is 2.23. The van der Waals surface area contributed by atoms with Gasteiger partial charge in [-0.05, 0) is 11.6 Å². The van der Waals surface area contributed by atoms with Crippen molar-refractivity contribution in [3.63, 3.8) is 0 Å². The number of amides is 1. The molecular weight excluding hydrogens is 196 g/mol. The molecule has 2 N–H and O–H groups in total. The third-order valence-electron chi connectivity index (χ3n) is 2.38. The van der Waals surface area contributed by atoms with Gasteiger partial charge in [0.05, 0.1) is 0 Å². The molecule has 0 radical (unpaired) electrons. The van der Waals surface area contributed by atoms with E-state index >= 15 is 0 Å². The van der Waals surface area contributed by atoms with Crippen molar-refractivity contribution < 1.29 is 14.7 Å². The average Bonchev–Trinajstić information content (AvgIpc) is 2.23. The Balaban J connectivity index is 2.54. The van der Waals surface area contributed by atoms with Gasteiger partial charge in [-0.15, -0.1) is 0 Å². The molecule has 78 valence electrons. The second-order valence-electron chi connectivity index (χ2n) is 3.35. The number of benzene rings is 1. The number of carbonyl (C=O) groups is 2. The summed E-state index contributed by atoms with van der Waals surface area (Å²) in [5.41, 5.74) is 3.55. The predicted octanol–water partition coefficient (Wildman–Crippen LogP) is 0.402. The minimum atomic E-state index is -0.998. The maximum Gasteiger partial charge on any atom is 0.327 e. The van der Waals surface area contributed by atoms with Crippen LogP contribution >= 0.6 is 0 Å². The molecule has 1 aromatic rings. The van der Waals surface area contributed by atoms with Gasteiger partial charge < -0.3 is 5.11 Å². The van der Waals surface area contributed by atoms with Crippen LogP contribution in [-0.4, -0.2) is 29.0 Å². The van der Waals surface area contributed by atoms with Crippen molar-refractivity contribution >= 4 is 11.9 Å². The van der Waals surface area contributed by atoms with E-state index in [2.05, 4.69) is 5.43 Å². The quantitative estimate of drug-likeness (QED) is 0.698. The Morgan fingerprint density at radius 2 is 2.13 bits per heavy atom. The van der Waals surface area contributed by atoms with E-state index in [0.717, 1.165) is 0 Å². The molecular formula is C10H10N2O3. The number of hydrogen-bond donors (Lipinski definition) is 2. The van der Waals surface area contributed by atoms with Crippen molar-refractivity contribution in [1.82, 2.24) is 10.4 Å². The van der Waals surface area contributed by atoms with Crippen LogP contribution in [0.15, 0.2) is 24.3 Å². The molecule has 1 heterocycles. The van der Waals surface area contributed by atoms with Crippen molar-refractivity contribution in [1.29, 1.82) is 0 Å². The summed E-state index contributed by atoms with van der Waals surface area (Å²) in [7, 11) is 1.51. The molecule has 0 fully saturated rings. The first-order valence-corrected chi connectivity index (χ1v) is 4.47. The van der Waals surface area contributed by atoms with Crippen LogP contribution < -0.4 is 5.43 Å². The number of carboxylic acid groups (broad SMARTS) is 1. The number of carbonyl (C=O) groups excluding carboxylic acids is 1. The average molecular weight is 206 g/mol. The lowest BCUT2D eigenvalue weighted by Crippen LogP contribution is -2.49. The molecule has 2 rings (SSSR count). The predicted molar refractivity (Wildman–Crippen MR) is 52.0 cm³/mol. The number of fused-ring (bicyclic) bond motifs is 1. The smallest absolute Gasteiger partial charge is 0.327 e. The molecule has 0 saturated carbocycles. The summed E-state index contributed by atoms with van der Waals surface area (Å²) in [5.74, 6) is -1.22. The number of nitrogens with zero attached hydrogens (tertiary/aromatic N) is 1. The molecule has 1 aromatic carbocycles. The fourth-order valence-electron chi connectivity index (χ4n) is 1.63. The second-order valence-corrected chi connectivity index (χ2v) is 3.35. The van der Waals surface area contributed by atoms with E-state index < -0.39 is 12.0 Å². The lowest BCUT2D eigenvalue weighted by atomic mass is 9.98. The van der Waals surface area contributed by atoms with Crippen LogP contribution in [0.1, 0.15) is 22.0 Å². The molecule has 1 aliphatic heterocycles. The fourth-order valence-corrected chi connectivity index (χ4v) is 1.63. The summed E-state index contributed by atoms with van der Waals surface area (Å²) < 4.78 is 0. The lowest BCUT2D eigenvalue weighted by Gasteiger charge is -2.30. The van der Waals surface area contributed by atoms with E-state index in [1.165, 1.54) is 12.1 Å². The first-order chi connectivity index (χ1) is 7.11. The normalized spacial score (nSPS) is 19.9. The Kier molecular flexibility index (Phi) is 2.17. The van der Waals surface area contributed by atoms with Crippen LogP contribution in [-0.2, 0) is 4.79 Å². The molecule has 0 aliphatic carbocycles. The molecule has 0 saturated heterocycles. The maximum absolute atomic E-state index is 11.7. The molecule has 5 heteroatoms. The van der Waals surface area contributed by atoms with Crippen LogP contribution in [0.3, 0.4) is 0 Å². The van der Waals surface area contributed by atoms with E-state index in [1.807, 2.05) is 0 Å². The first-order valence-electron chi connectivity index (χ1n) is 4.47. The van der Waals surface area contributed by atoms with Gasteiger partial charge in [0, 0.05) is 12.6 Å². The molecule has 15 heavy (non-hydrogen) atoms. The largest absolute Gasteiger partial charge is 0.480 e. The Morgan fingerprint density at radius 1 is 1.47 bits per heavy atom. The zero-order valence-corrected chi connectivity index (χ0v) is 8.10. The number of carboxylic acids is 1. The summed E-state index contributed by atoms with van der Waals surface area (Å²) in [6, 6.07) is 5.85. The highest BCUT2D eigenvalue weighted by atomic mass is 16.4. The van der Waals surface area contributed by atoms with Gasteiger partial charge in [-0.3, -0.25) is 14.6 Å². The van der Waals surface area contributed by atoms with Gasteiger partial charge >= 0.3 is 5.97 Å². The number of nitrogens with one attached hydrogen (secondary N) is 1. The van der Waals surface area contributed by atoms with E-state index in [4.69, 9.17) is 5.11 Å². The van der Waals surface area contributed by atoms with Gasteiger partial charge in [0.15, 0.2) is 0 Å². The molecule has 0 aromatic heterocycles. The maximum atomic E-state index is 11.7. The minimum absolute atomic E-state index is 0.219. The van der Waals surface area contributed by atoms with E-state index in [-0.39, 0.29) is 5.91 Å². The zero-order chi connectivity index (χ0) is 11.0. The minimum Gasteiger partial charge on any atom is -0.480 e.